The predicted molar refractivity (Wildman–Crippen MR) is 72.4 cm³/mol. The van der Waals surface area contributed by atoms with Crippen LogP contribution >= 0.6 is 11.8 Å². The summed E-state index contributed by atoms with van der Waals surface area (Å²) in [6, 6.07) is 0. The van der Waals surface area contributed by atoms with Crippen LogP contribution in [0.3, 0.4) is 0 Å². The van der Waals surface area contributed by atoms with Gasteiger partial charge in [0.05, 0.1) is 13.2 Å². The Balaban J connectivity index is 2.41. The average Bonchev–Trinajstić information content (AvgIpc) is 2.84. The SMILES string of the molecule is CCOCCOC(C)C(=O)NC1(C(=O)O)CCSC1. The van der Waals surface area contributed by atoms with Gasteiger partial charge in [0.25, 0.3) is 0 Å². The maximum Gasteiger partial charge on any atom is 0.330 e. The Hall–Kier alpha value is -0.790. The molecule has 1 rings (SSSR count). The van der Waals surface area contributed by atoms with Crippen LogP contribution in [0.4, 0.5) is 0 Å². The molecule has 0 aliphatic carbocycles. The molecular weight excluding hydrogens is 270 g/mol. The van der Waals surface area contributed by atoms with Gasteiger partial charge in [0.2, 0.25) is 5.91 Å². The zero-order chi connectivity index (χ0) is 14.3. The van der Waals surface area contributed by atoms with Crippen LogP contribution in [0.25, 0.3) is 0 Å². The van der Waals surface area contributed by atoms with Crippen LogP contribution < -0.4 is 5.32 Å². The van der Waals surface area contributed by atoms with Crippen LogP contribution in [0.2, 0.25) is 0 Å². The largest absolute Gasteiger partial charge is 0.479 e. The van der Waals surface area contributed by atoms with Gasteiger partial charge < -0.3 is 19.9 Å². The van der Waals surface area contributed by atoms with Crippen LogP contribution in [0.1, 0.15) is 20.3 Å². The van der Waals surface area contributed by atoms with Crippen molar-refractivity contribution in [1.82, 2.24) is 5.32 Å². The molecule has 0 spiro atoms. The second kappa shape index (κ2) is 7.72. The third kappa shape index (κ3) is 4.67. The van der Waals surface area contributed by atoms with E-state index in [4.69, 9.17) is 9.47 Å². The number of rotatable bonds is 8. The van der Waals surface area contributed by atoms with Crippen LogP contribution in [-0.2, 0) is 19.1 Å². The minimum absolute atomic E-state index is 0.317. The highest BCUT2D eigenvalue weighted by Gasteiger charge is 2.43. The van der Waals surface area contributed by atoms with E-state index in [0.717, 1.165) is 5.75 Å². The summed E-state index contributed by atoms with van der Waals surface area (Å²) in [6.07, 6.45) is -0.230. The molecule has 1 aliphatic rings. The van der Waals surface area contributed by atoms with E-state index in [1.165, 1.54) is 11.8 Å². The maximum absolute atomic E-state index is 11.9. The number of ether oxygens (including phenoxy) is 2. The van der Waals surface area contributed by atoms with E-state index in [-0.39, 0.29) is 5.91 Å². The number of carboxylic acid groups (broad SMARTS) is 1. The number of amides is 1. The van der Waals surface area contributed by atoms with Gasteiger partial charge in [0.1, 0.15) is 11.6 Å². The van der Waals surface area contributed by atoms with Crippen molar-refractivity contribution >= 4 is 23.6 Å². The normalized spacial score (nSPS) is 24.1. The van der Waals surface area contributed by atoms with Gasteiger partial charge in [-0.2, -0.15) is 11.8 Å². The van der Waals surface area contributed by atoms with E-state index in [0.29, 0.717) is 32.0 Å². The lowest BCUT2D eigenvalue weighted by Gasteiger charge is -2.26. The molecule has 1 amide bonds. The zero-order valence-electron chi connectivity index (χ0n) is 11.3. The first-order valence-corrected chi connectivity index (χ1v) is 7.50. The number of hydrogen-bond donors (Lipinski definition) is 2. The highest BCUT2D eigenvalue weighted by Crippen LogP contribution is 2.28. The third-order valence-electron chi connectivity index (χ3n) is 2.96. The molecular formula is C12H21NO5S. The van der Waals surface area contributed by atoms with Crippen LogP contribution in [0, 0.1) is 0 Å². The first-order valence-electron chi connectivity index (χ1n) is 6.34. The molecule has 1 heterocycles. The van der Waals surface area contributed by atoms with Gasteiger partial charge in [0, 0.05) is 12.4 Å². The van der Waals surface area contributed by atoms with Crippen molar-refractivity contribution in [2.75, 3.05) is 31.3 Å². The molecule has 19 heavy (non-hydrogen) atoms. The molecule has 0 bridgehead atoms. The topological polar surface area (TPSA) is 84.9 Å². The molecule has 0 radical (unpaired) electrons. The van der Waals surface area contributed by atoms with Gasteiger partial charge in [-0.15, -0.1) is 0 Å². The quantitative estimate of drug-likeness (QED) is 0.634. The standard InChI is InChI=1S/C12H21NO5S/c1-3-17-5-6-18-9(2)10(14)13-12(11(15)16)4-7-19-8-12/h9H,3-8H2,1-2H3,(H,13,14)(H,15,16). The van der Waals surface area contributed by atoms with Gasteiger partial charge >= 0.3 is 5.97 Å². The summed E-state index contributed by atoms with van der Waals surface area (Å²) in [4.78, 5) is 23.2. The van der Waals surface area contributed by atoms with Crippen molar-refractivity contribution in [2.45, 2.75) is 31.9 Å². The molecule has 110 valence electrons. The molecule has 0 aromatic carbocycles. The molecule has 6 nitrogen and oxygen atoms in total. The summed E-state index contributed by atoms with van der Waals surface area (Å²) < 4.78 is 10.4. The second-order valence-electron chi connectivity index (χ2n) is 4.39. The Morgan fingerprint density at radius 3 is 2.74 bits per heavy atom. The lowest BCUT2D eigenvalue weighted by atomic mass is 9.99. The first-order chi connectivity index (χ1) is 9.02. The molecule has 2 atom stereocenters. The molecule has 2 N–H and O–H groups in total. The number of thioether (sulfide) groups is 1. The fourth-order valence-electron chi connectivity index (χ4n) is 1.73. The number of carbonyl (C=O) groups is 2. The van der Waals surface area contributed by atoms with E-state index >= 15 is 0 Å². The van der Waals surface area contributed by atoms with Crippen molar-refractivity contribution in [3.05, 3.63) is 0 Å². The van der Waals surface area contributed by atoms with E-state index in [9.17, 15) is 14.7 Å². The molecule has 1 aliphatic heterocycles. The number of hydrogen-bond acceptors (Lipinski definition) is 5. The monoisotopic (exact) mass is 291 g/mol. The van der Waals surface area contributed by atoms with Gasteiger partial charge in [-0.25, -0.2) is 4.79 Å². The zero-order valence-corrected chi connectivity index (χ0v) is 12.1. The Kier molecular flexibility index (Phi) is 6.60. The third-order valence-corrected chi connectivity index (χ3v) is 4.15. The number of carbonyl (C=O) groups excluding carboxylic acids is 1. The van der Waals surface area contributed by atoms with Crippen LogP contribution in [0.15, 0.2) is 0 Å². The smallest absolute Gasteiger partial charge is 0.330 e. The summed E-state index contributed by atoms with van der Waals surface area (Å²) in [5, 5.41) is 11.9. The van der Waals surface area contributed by atoms with E-state index < -0.39 is 17.6 Å². The summed E-state index contributed by atoms with van der Waals surface area (Å²) in [6.45, 7) is 4.83. The molecule has 0 aromatic heterocycles. The maximum atomic E-state index is 11.9. The summed E-state index contributed by atoms with van der Waals surface area (Å²) in [5.74, 6) is -0.222. The molecule has 2 unspecified atom stereocenters. The van der Waals surface area contributed by atoms with Crippen LogP contribution in [0.5, 0.6) is 0 Å². The predicted octanol–water partition coefficient (Wildman–Crippen LogP) is 0.504. The first kappa shape index (κ1) is 16.3. The molecule has 1 saturated heterocycles. The molecule has 0 saturated carbocycles. The Morgan fingerprint density at radius 1 is 1.47 bits per heavy atom. The van der Waals surface area contributed by atoms with Gasteiger partial charge in [-0.1, -0.05) is 0 Å². The number of nitrogens with one attached hydrogen (secondary N) is 1. The van der Waals surface area contributed by atoms with Crippen molar-refractivity contribution in [3.63, 3.8) is 0 Å². The summed E-state index contributed by atoms with van der Waals surface area (Å²) in [5.41, 5.74) is -1.14. The molecule has 7 heteroatoms. The Morgan fingerprint density at radius 2 is 2.21 bits per heavy atom. The van der Waals surface area contributed by atoms with Crippen molar-refractivity contribution in [2.24, 2.45) is 0 Å². The molecule has 0 aromatic rings. The highest BCUT2D eigenvalue weighted by atomic mass is 32.2. The van der Waals surface area contributed by atoms with Crippen molar-refractivity contribution in [1.29, 1.82) is 0 Å². The highest BCUT2D eigenvalue weighted by molar-refractivity contribution is 7.99. The lowest BCUT2D eigenvalue weighted by molar-refractivity contribution is -0.148. The Labute approximate surface area is 117 Å². The van der Waals surface area contributed by atoms with Gasteiger partial charge in [-0.3, -0.25) is 4.79 Å². The molecule has 1 fully saturated rings. The van der Waals surface area contributed by atoms with Crippen molar-refractivity contribution < 1.29 is 24.2 Å². The minimum Gasteiger partial charge on any atom is -0.479 e. The fourth-order valence-corrected chi connectivity index (χ4v) is 3.05. The fraction of sp³-hybridized carbons (Fsp3) is 0.833. The lowest BCUT2D eigenvalue weighted by Crippen LogP contribution is -2.57. The second-order valence-corrected chi connectivity index (χ2v) is 5.49. The van der Waals surface area contributed by atoms with Gasteiger partial charge in [-0.05, 0) is 26.0 Å². The summed E-state index contributed by atoms with van der Waals surface area (Å²) in [7, 11) is 0. The van der Waals surface area contributed by atoms with E-state index in [2.05, 4.69) is 5.32 Å². The van der Waals surface area contributed by atoms with E-state index in [1.54, 1.807) is 6.92 Å². The number of carboxylic acids is 1. The average molecular weight is 291 g/mol. The van der Waals surface area contributed by atoms with E-state index in [1.807, 2.05) is 6.92 Å². The summed E-state index contributed by atoms with van der Waals surface area (Å²) >= 11 is 1.53. The number of aliphatic carboxylic acids is 1. The minimum atomic E-state index is -1.14. The van der Waals surface area contributed by atoms with Crippen LogP contribution in [-0.4, -0.2) is 60.0 Å². The van der Waals surface area contributed by atoms with Crippen molar-refractivity contribution in [3.8, 4) is 0 Å². The van der Waals surface area contributed by atoms with Gasteiger partial charge in [0.15, 0.2) is 0 Å². The Bertz CT molecular complexity index is 317.